The first kappa shape index (κ1) is 18.7. The molecule has 0 aliphatic rings. The van der Waals surface area contributed by atoms with E-state index in [1.165, 1.54) is 0 Å². The number of benzene rings is 2. The van der Waals surface area contributed by atoms with Gasteiger partial charge < -0.3 is 20.3 Å². The summed E-state index contributed by atoms with van der Waals surface area (Å²) in [6, 6.07) is 16.7. The molecule has 0 aliphatic carbocycles. The fourth-order valence-electron chi connectivity index (χ4n) is 2.98. The smallest absolute Gasteiger partial charge is 0.309 e. The monoisotopic (exact) mass is 365 g/mol. The van der Waals surface area contributed by atoms with Gasteiger partial charge in [-0.3, -0.25) is 9.59 Å². The van der Waals surface area contributed by atoms with Gasteiger partial charge in [0, 0.05) is 25.3 Å². The number of aromatic nitrogens is 1. The molecule has 140 valence electrons. The Hall–Kier alpha value is -3.12. The highest BCUT2D eigenvalue weighted by Gasteiger charge is 2.18. The van der Waals surface area contributed by atoms with Gasteiger partial charge in [0.2, 0.25) is 0 Å². The second kappa shape index (κ2) is 8.05. The van der Waals surface area contributed by atoms with Gasteiger partial charge in [-0.05, 0) is 41.6 Å². The zero-order valence-electron chi connectivity index (χ0n) is 15.3. The van der Waals surface area contributed by atoms with Gasteiger partial charge in [0.05, 0.1) is 12.1 Å². The van der Waals surface area contributed by atoms with E-state index in [2.05, 4.69) is 10.6 Å². The molecule has 0 unspecified atom stereocenters. The summed E-state index contributed by atoms with van der Waals surface area (Å²) < 4.78 is 1.99. The van der Waals surface area contributed by atoms with Crippen LogP contribution < -0.4 is 10.6 Å². The van der Waals surface area contributed by atoms with Gasteiger partial charge >= 0.3 is 11.8 Å². The average Bonchev–Trinajstić information content (AvgIpc) is 3.06. The Morgan fingerprint density at radius 2 is 1.78 bits per heavy atom. The molecule has 1 aromatic heterocycles. The maximum Gasteiger partial charge on any atom is 0.309 e. The van der Waals surface area contributed by atoms with E-state index in [0.29, 0.717) is 5.56 Å². The molecule has 2 atom stereocenters. The van der Waals surface area contributed by atoms with Crippen LogP contribution in [-0.4, -0.2) is 28.0 Å². The lowest BCUT2D eigenvalue weighted by Crippen LogP contribution is -2.42. The van der Waals surface area contributed by atoms with Crippen LogP contribution in [0.15, 0.2) is 60.8 Å². The van der Waals surface area contributed by atoms with Crippen LogP contribution in [0.3, 0.4) is 0 Å². The molecule has 0 spiro atoms. The molecular weight excluding hydrogens is 342 g/mol. The van der Waals surface area contributed by atoms with Gasteiger partial charge in [0.1, 0.15) is 0 Å². The molecule has 3 aromatic rings. The third-order valence-electron chi connectivity index (χ3n) is 4.60. The summed E-state index contributed by atoms with van der Waals surface area (Å²) in [7, 11) is 1.95. The molecule has 1 heterocycles. The van der Waals surface area contributed by atoms with Gasteiger partial charge in [-0.25, -0.2) is 0 Å². The number of aliphatic hydroxyl groups excluding tert-OH is 1. The first-order valence-electron chi connectivity index (χ1n) is 8.82. The predicted octanol–water partition coefficient (Wildman–Crippen LogP) is 2.21. The van der Waals surface area contributed by atoms with Gasteiger partial charge in [-0.2, -0.15) is 0 Å². The highest BCUT2D eigenvalue weighted by Crippen LogP contribution is 2.20. The largest absolute Gasteiger partial charge is 0.387 e. The van der Waals surface area contributed by atoms with Crippen molar-refractivity contribution >= 4 is 22.7 Å². The van der Waals surface area contributed by atoms with Crippen LogP contribution in [0, 0.1) is 0 Å². The van der Waals surface area contributed by atoms with E-state index < -0.39 is 17.9 Å². The number of amides is 2. The van der Waals surface area contributed by atoms with Crippen LogP contribution in [0.25, 0.3) is 10.9 Å². The van der Waals surface area contributed by atoms with Gasteiger partial charge in [-0.15, -0.1) is 0 Å². The third kappa shape index (κ3) is 4.35. The fraction of sp³-hybridized carbons (Fsp3) is 0.238. The minimum absolute atomic E-state index is 0.0374. The Morgan fingerprint density at radius 3 is 2.52 bits per heavy atom. The Bertz CT molecular complexity index is 950. The minimum Gasteiger partial charge on any atom is -0.387 e. The van der Waals surface area contributed by atoms with Crippen LogP contribution >= 0.6 is 0 Å². The Morgan fingerprint density at radius 1 is 1.04 bits per heavy atom. The summed E-state index contributed by atoms with van der Waals surface area (Å²) in [5, 5.41) is 16.5. The molecule has 0 radical (unpaired) electrons. The molecular formula is C21H23N3O3. The summed E-state index contributed by atoms with van der Waals surface area (Å²) in [5.74, 6) is -1.49. The Balaban J connectivity index is 1.54. The first-order chi connectivity index (χ1) is 13.0. The van der Waals surface area contributed by atoms with E-state index in [4.69, 9.17) is 0 Å². The molecule has 3 N–H and O–H groups in total. The van der Waals surface area contributed by atoms with E-state index in [1.54, 1.807) is 0 Å². The zero-order valence-corrected chi connectivity index (χ0v) is 15.3. The summed E-state index contributed by atoms with van der Waals surface area (Å²) in [6.07, 6.45) is 1.05. The number of nitrogens with one attached hydrogen (secondary N) is 2. The normalized spacial score (nSPS) is 13.1. The van der Waals surface area contributed by atoms with Gasteiger partial charge in [-0.1, -0.05) is 36.4 Å². The zero-order chi connectivity index (χ0) is 19.4. The second-order valence-electron chi connectivity index (χ2n) is 6.58. The van der Waals surface area contributed by atoms with Gasteiger partial charge in [0.25, 0.3) is 0 Å². The predicted molar refractivity (Wildman–Crippen MR) is 104 cm³/mol. The summed E-state index contributed by atoms with van der Waals surface area (Å²) >= 11 is 0. The maximum absolute atomic E-state index is 12.0. The minimum atomic E-state index is -0.891. The molecule has 27 heavy (non-hydrogen) atoms. The number of carbonyl (C=O) groups is 2. The van der Waals surface area contributed by atoms with Crippen molar-refractivity contribution in [3.63, 3.8) is 0 Å². The van der Waals surface area contributed by atoms with Crippen LogP contribution in [-0.2, 0) is 16.6 Å². The van der Waals surface area contributed by atoms with E-state index in [-0.39, 0.29) is 12.6 Å². The molecule has 0 saturated carbocycles. The lowest BCUT2D eigenvalue weighted by Gasteiger charge is -2.15. The summed E-state index contributed by atoms with van der Waals surface area (Å²) in [4.78, 5) is 24.1. The van der Waals surface area contributed by atoms with E-state index in [9.17, 15) is 14.7 Å². The molecule has 0 saturated heterocycles. The number of fused-ring (bicyclic) bond motifs is 1. The van der Waals surface area contributed by atoms with Crippen molar-refractivity contribution in [2.75, 3.05) is 6.54 Å². The highest BCUT2D eigenvalue weighted by molar-refractivity contribution is 6.35. The van der Waals surface area contributed by atoms with Crippen molar-refractivity contribution in [2.45, 2.75) is 19.1 Å². The molecule has 2 aromatic carbocycles. The second-order valence-corrected chi connectivity index (χ2v) is 6.58. The van der Waals surface area contributed by atoms with Crippen molar-refractivity contribution < 1.29 is 14.7 Å². The molecule has 0 bridgehead atoms. The van der Waals surface area contributed by atoms with Crippen LogP contribution in [0.5, 0.6) is 0 Å². The standard InChI is InChI=1S/C21H23N3O3/c1-14(15-6-4-3-5-7-15)23-21(27)20(26)22-13-19(25)17-8-9-18-16(12-17)10-11-24(18)2/h3-12,14,19,25H,13H2,1-2H3,(H,22,26)(H,23,27)/t14-,19-/m1/s1. The molecule has 2 amide bonds. The third-order valence-corrected chi connectivity index (χ3v) is 4.60. The van der Waals surface area contributed by atoms with Crippen molar-refractivity contribution in [3.8, 4) is 0 Å². The highest BCUT2D eigenvalue weighted by atomic mass is 16.3. The van der Waals surface area contributed by atoms with E-state index in [0.717, 1.165) is 16.5 Å². The van der Waals surface area contributed by atoms with Crippen LogP contribution in [0.1, 0.15) is 30.2 Å². The van der Waals surface area contributed by atoms with Crippen LogP contribution in [0.2, 0.25) is 0 Å². The fourth-order valence-corrected chi connectivity index (χ4v) is 2.98. The summed E-state index contributed by atoms with van der Waals surface area (Å²) in [6.45, 7) is 1.77. The van der Waals surface area contributed by atoms with E-state index in [1.807, 2.05) is 79.3 Å². The van der Waals surface area contributed by atoms with Crippen molar-refractivity contribution in [1.29, 1.82) is 0 Å². The lowest BCUT2D eigenvalue weighted by atomic mass is 10.1. The molecule has 0 fully saturated rings. The lowest BCUT2D eigenvalue weighted by molar-refractivity contribution is -0.139. The number of hydrogen-bond acceptors (Lipinski definition) is 3. The summed E-state index contributed by atoms with van der Waals surface area (Å²) in [5.41, 5.74) is 2.66. The number of nitrogens with zero attached hydrogens (tertiary/aromatic N) is 1. The first-order valence-corrected chi connectivity index (χ1v) is 8.82. The molecule has 3 rings (SSSR count). The molecule has 6 heteroatoms. The molecule has 0 aliphatic heterocycles. The SMILES string of the molecule is C[C@@H](NC(=O)C(=O)NC[C@@H](O)c1ccc2c(ccn2C)c1)c1ccccc1. The van der Waals surface area contributed by atoms with Crippen molar-refractivity contribution in [2.24, 2.45) is 7.05 Å². The number of rotatable bonds is 5. The quantitative estimate of drug-likeness (QED) is 0.606. The number of carbonyl (C=O) groups excluding carboxylic acids is 2. The number of aliphatic hydroxyl groups is 1. The van der Waals surface area contributed by atoms with Gasteiger partial charge in [0.15, 0.2) is 0 Å². The molecule has 6 nitrogen and oxygen atoms in total. The van der Waals surface area contributed by atoms with E-state index >= 15 is 0 Å². The average molecular weight is 365 g/mol. The maximum atomic E-state index is 12.0. The Kier molecular flexibility index (Phi) is 5.57. The topological polar surface area (TPSA) is 83.4 Å². The van der Waals surface area contributed by atoms with Crippen LogP contribution in [0.4, 0.5) is 0 Å². The Labute approximate surface area is 157 Å². The van der Waals surface area contributed by atoms with Crippen molar-refractivity contribution in [1.82, 2.24) is 15.2 Å². The number of hydrogen-bond donors (Lipinski definition) is 3. The number of aryl methyl sites for hydroxylation is 1. The van der Waals surface area contributed by atoms with Crippen molar-refractivity contribution in [3.05, 3.63) is 71.9 Å².